The van der Waals surface area contributed by atoms with Gasteiger partial charge >= 0.3 is 5.97 Å². The van der Waals surface area contributed by atoms with Crippen LogP contribution in [0.4, 0.5) is 0 Å². The number of fused-ring (bicyclic) bond motifs is 1. The van der Waals surface area contributed by atoms with Crippen LogP contribution in [0, 0.1) is 0 Å². The van der Waals surface area contributed by atoms with Gasteiger partial charge in [-0.25, -0.2) is 9.78 Å². The Bertz CT molecular complexity index is 584. The summed E-state index contributed by atoms with van der Waals surface area (Å²) in [7, 11) is 1.80. The van der Waals surface area contributed by atoms with E-state index in [1.165, 1.54) is 12.3 Å². The van der Waals surface area contributed by atoms with Crippen molar-refractivity contribution in [2.45, 2.75) is 18.8 Å². The Labute approximate surface area is 91.7 Å². The van der Waals surface area contributed by atoms with Crippen LogP contribution in [0.2, 0.25) is 0 Å². The second-order valence-corrected chi connectivity index (χ2v) is 4.15. The first kappa shape index (κ1) is 9.33. The lowest BCUT2D eigenvalue weighted by Crippen LogP contribution is -1.99. The molecule has 16 heavy (non-hydrogen) atoms. The van der Waals surface area contributed by atoms with E-state index in [0.717, 1.165) is 18.5 Å². The van der Waals surface area contributed by atoms with Crippen molar-refractivity contribution in [3.63, 3.8) is 0 Å². The fourth-order valence-corrected chi connectivity index (χ4v) is 2.03. The molecule has 5 heteroatoms. The van der Waals surface area contributed by atoms with Gasteiger partial charge in [-0.15, -0.1) is 0 Å². The van der Waals surface area contributed by atoms with Crippen LogP contribution in [-0.2, 0) is 7.05 Å². The van der Waals surface area contributed by atoms with Gasteiger partial charge in [0, 0.05) is 19.2 Å². The quantitative estimate of drug-likeness (QED) is 0.828. The number of aromatic carboxylic acids is 1. The number of nitrogens with zero attached hydrogens (tertiary/aromatic N) is 3. The summed E-state index contributed by atoms with van der Waals surface area (Å²) in [5.74, 6) is -0.492. The molecule has 0 aromatic carbocycles. The molecule has 0 atom stereocenters. The molecular formula is C11H11N3O2. The van der Waals surface area contributed by atoms with E-state index < -0.39 is 5.97 Å². The van der Waals surface area contributed by atoms with Gasteiger partial charge in [0.05, 0.1) is 16.6 Å². The van der Waals surface area contributed by atoms with Crippen LogP contribution in [0.3, 0.4) is 0 Å². The second-order valence-electron chi connectivity index (χ2n) is 4.15. The molecule has 0 saturated heterocycles. The molecule has 1 fully saturated rings. The summed E-state index contributed by atoms with van der Waals surface area (Å²) >= 11 is 0. The summed E-state index contributed by atoms with van der Waals surface area (Å²) in [6, 6.07) is 1.54. The van der Waals surface area contributed by atoms with Crippen LogP contribution in [-0.4, -0.2) is 25.8 Å². The van der Waals surface area contributed by atoms with Crippen LogP contribution in [0.15, 0.2) is 12.3 Å². The van der Waals surface area contributed by atoms with Gasteiger partial charge in [-0.2, -0.15) is 5.10 Å². The number of carboxylic acids is 1. The highest BCUT2D eigenvalue weighted by Crippen LogP contribution is 2.42. The molecule has 2 aromatic heterocycles. The number of pyridine rings is 1. The van der Waals surface area contributed by atoms with E-state index in [1.807, 2.05) is 0 Å². The largest absolute Gasteiger partial charge is 0.478 e. The number of carbonyl (C=O) groups is 1. The molecular weight excluding hydrogens is 206 g/mol. The first-order chi connectivity index (χ1) is 7.68. The lowest BCUT2D eigenvalue weighted by atomic mass is 10.1. The van der Waals surface area contributed by atoms with E-state index in [9.17, 15) is 4.79 Å². The smallest absolute Gasteiger partial charge is 0.336 e. The SMILES string of the molecule is Cn1nc(C2CC2)c2c(C(=O)O)ccnc21. The van der Waals surface area contributed by atoms with Crippen molar-refractivity contribution in [2.75, 3.05) is 0 Å². The van der Waals surface area contributed by atoms with Crippen molar-refractivity contribution in [3.05, 3.63) is 23.5 Å². The lowest BCUT2D eigenvalue weighted by Gasteiger charge is -1.98. The van der Waals surface area contributed by atoms with Crippen LogP contribution in [0.25, 0.3) is 11.0 Å². The Hall–Kier alpha value is -1.91. The third-order valence-corrected chi connectivity index (χ3v) is 2.95. The van der Waals surface area contributed by atoms with Gasteiger partial charge in [0.1, 0.15) is 0 Å². The highest BCUT2D eigenvalue weighted by molar-refractivity contribution is 6.02. The minimum absolute atomic E-state index is 0.306. The third-order valence-electron chi connectivity index (χ3n) is 2.95. The second kappa shape index (κ2) is 3.04. The summed E-state index contributed by atoms with van der Waals surface area (Å²) in [4.78, 5) is 15.3. The van der Waals surface area contributed by atoms with Gasteiger partial charge in [0.15, 0.2) is 5.65 Å². The first-order valence-electron chi connectivity index (χ1n) is 5.23. The van der Waals surface area contributed by atoms with Gasteiger partial charge in [-0.1, -0.05) is 0 Å². The van der Waals surface area contributed by atoms with E-state index in [0.29, 0.717) is 22.5 Å². The maximum Gasteiger partial charge on any atom is 0.336 e. The van der Waals surface area contributed by atoms with Crippen molar-refractivity contribution in [1.29, 1.82) is 0 Å². The first-order valence-corrected chi connectivity index (χ1v) is 5.23. The summed E-state index contributed by atoms with van der Waals surface area (Å²) in [6.45, 7) is 0. The number of aromatic nitrogens is 3. The van der Waals surface area contributed by atoms with E-state index >= 15 is 0 Å². The molecule has 0 amide bonds. The van der Waals surface area contributed by atoms with E-state index in [2.05, 4.69) is 10.1 Å². The molecule has 1 aliphatic rings. The van der Waals surface area contributed by atoms with Gasteiger partial charge in [0.2, 0.25) is 0 Å². The minimum atomic E-state index is -0.915. The normalized spacial score (nSPS) is 15.6. The zero-order valence-corrected chi connectivity index (χ0v) is 8.84. The number of hydrogen-bond acceptors (Lipinski definition) is 3. The molecule has 2 aromatic rings. The van der Waals surface area contributed by atoms with Crippen LogP contribution in [0.1, 0.15) is 34.8 Å². The number of carboxylic acid groups (broad SMARTS) is 1. The third kappa shape index (κ3) is 1.21. The molecule has 0 bridgehead atoms. The van der Waals surface area contributed by atoms with Crippen molar-refractivity contribution < 1.29 is 9.90 Å². The lowest BCUT2D eigenvalue weighted by molar-refractivity contribution is 0.0699. The molecule has 2 heterocycles. The van der Waals surface area contributed by atoms with Gasteiger partial charge in [-0.05, 0) is 18.9 Å². The van der Waals surface area contributed by atoms with Crippen molar-refractivity contribution in [2.24, 2.45) is 7.05 Å². The molecule has 0 aliphatic heterocycles. The fraction of sp³-hybridized carbons (Fsp3) is 0.364. The summed E-state index contributed by atoms with van der Waals surface area (Å²) in [5.41, 5.74) is 1.85. The molecule has 3 rings (SSSR count). The Morgan fingerprint density at radius 1 is 1.56 bits per heavy atom. The van der Waals surface area contributed by atoms with E-state index in [1.54, 1.807) is 11.7 Å². The highest BCUT2D eigenvalue weighted by Gasteiger charge is 2.31. The number of aryl methyl sites for hydroxylation is 1. The van der Waals surface area contributed by atoms with Gasteiger partial charge < -0.3 is 5.11 Å². The molecule has 0 radical (unpaired) electrons. The summed E-state index contributed by atoms with van der Waals surface area (Å²) in [5, 5.41) is 14.2. The molecule has 0 unspecified atom stereocenters. The van der Waals surface area contributed by atoms with Gasteiger partial charge in [-0.3, -0.25) is 4.68 Å². The minimum Gasteiger partial charge on any atom is -0.478 e. The van der Waals surface area contributed by atoms with E-state index in [4.69, 9.17) is 5.11 Å². The standard InChI is InChI=1S/C11H11N3O2/c1-14-10-8(9(13-14)6-2-3-6)7(11(15)16)4-5-12-10/h4-6H,2-3H2,1H3,(H,15,16). The zero-order chi connectivity index (χ0) is 11.3. The maximum atomic E-state index is 11.2. The molecule has 1 aliphatic carbocycles. The molecule has 1 saturated carbocycles. The van der Waals surface area contributed by atoms with Crippen LogP contribution in [0.5, 0.6) is 0 Å². The Balaban J connectivity index is 2.38. The Kier molecular flexibility index (Phi) is 1.77. The predicted octanol–water partition coefficient (Wildman–Crippen LogP) is 1.54. The van der Waals surface area contributed by atoms with Crippen molar-refractivity contribution in [3.8, 4) is 0 Å². The molecule has 0 spiro atoms. The Morgan fingerprint density at radius 2 is 2.31 bits per heavy atom. The van der Waals surface area contributed by atoms with Gasteiger partial charge in [0.25, 0.3) is 0 Å². The van der Waals surface area contributed by atoms with E-state index in [-0.39, 0.29) is 0 Å². The Morgan fingerprint density at radius 3 is 2.94 bits per heavy atom. The fourth-order valence-electron chi connectivity index (χ4n) is 2.03. The van der Waals surface area contributed by atoms with Crippen LogP contribution >= 0.6 is 0 Å². The van der Waals surface area contributed by atoms with Crippen molar-refractivity contribution >= 4 is 17.0 Å². The molecule has 1 N–H and O–H groups in total. The number of rotatable bonds is 2. The van der Waals surface area contributed by atoms with Crippen molar-refractivity contribution in [1.82, 2.24) is 14.8 Å². The average Bonchev–Trinajstić information content (AvgIpc) is 3.04. The topological polar surface area (TPSA) is 68.0 Å². The summed E-state index contributed by atoms with van der Waals surface area (Å²) < 4.78 is 1.66. The summed E-state index contributed by atoms with van der Waals surface area (Å²) in [6.07, 6.45) is 3.71. The molecule has 5 nitrogen and oxygen atoms in total. The average molecular weight is 217 g/mol. The number of hydrogen-bond donors (Lipinski definition) is 1. The zero-order valence-electron chi connectivity index (χ0n) is 8.84. The predicted molar refractivity (Wildman–Crippen MR) is 57.4 cm³/mol. The molecule has 82 valence electrons. The maximum absolute atomic E-state index is 11.2. The van der Waals surface area contributed by atoms with Crippen LogP contribution < -0.4 is 0 Å². The highest BCUT2D eigenvalue weighted by atomic mass is 16.4. The monoisotopic (exact) mass is 217 g/mol.